The molecule has 7 nitrogen and oxygen atoms in total. The fourth-order valence-corrected chi connectivity index (χ4v) is 4.65. The van der Waals surface area contributed by atoms with Crippen LogP contribution in [0.5, 0.6) is 0 Å². The second-order valence-electron chi connectivity index (χ2n) is 7.88. The van der Waals surface area contributed by atoms with Crippen LogP contribution in [-0.4, -0.2) is 44.8 Å². The first-order valence-corrected chi connectivity index (χ1v) is 12.0. The number of sulfonamides is 1. The topological polar surface area (TPSA) is 95.6 Å². The van der Waals surface area contributed by atoms with E-state index in [1.54, 1.807) is 47.4 Å². The molecule has 3 rings (SSSR count). The average Bonchev–Trinajstić information content (AvgIpc) is 2.77. The fraction of sp³-hybridized carbons (Fsp3) is 0.391. The molecule has 8 heteroatoms. The van der Waals surface area contributed by atoms with Crippen molar-refractivity contribution >= 4 is 27.5 Å². The predicted molar refractivity (Wildman–Crippen MR) is 120 cm³/mol. The van der Waals surface area contributed by atoms with E-state index in [-0.39, 0.29) is 22.6 Å². The first-order valence-electron chi connectivity index (χ1n) is 10.6. The Labute approximate surface area is 183 Å². The van der Waals surface area contributed by atoms with Gasteiger partial charge >= 0.3 is 0 Å². The average molecular weight is 444 g/mol. The van der Waals surface area contributed by atoms with E-state index in [9.17, 15) is 18.0 Å². The van der Waals surface area contributed by atoms with Crippen LogP contribution in [0.25, 0.3) is 0 Å². The van der Waals surface area contributed by atoms with Crippen molar-refractivity contribution in [2.45, 2.75) is 38.0 Å². The molecule has 1 atom stereocenters. The Morgan fingerprint density at radius 1 is 1.13 bits per heavy atom. The maximum absolute atomic E-state index is 13.0. The van der Waals surface area contributed by atoms with Crippen LogP contribution in [0, 0.1) is 12.8 Å². The van der Waals surface area contributed by atoms with Gasteiger partial charge in [-0.15, -0.1) is 0 Å². The summed E-state index contributed by atoms with van der Waals surface area (Å²) in [5.74, 6) is -0.434. The van der Waals surface area contributed by atoms with E-state index in [4.69, 9.17) is 0 Å². The van der Waals surface area contributed by atoms with Gasteiger partial charge in [-0.1, -0.05) is 30.7 Å². The van der Waals surface area contributed by atoms with Gasteiger partial charge in [0, 0.05) is 30.9 Å². The molecular formula is C23H29N3O4S. The molecule has 166 valence electrons. The van der Waals surface area contributed by atoms with Crippen LogP contribution in [0.1, 0.15) is 42.1 Å². The second-order valence-corrected chi connectivity index (χ2v) is 9.56. The summed E-state index contributed by atoms with van der Waals surface area (Å²) in [6, 6.07) is 13.0. The van der Waals surface area contributed by atoms with Crippen LogP contribution in [-0.2, 0) is 14.8 Å². The third kappa shape index (κ3) is 5.85. The van der Waals surface area contributed by atoms with Gasteiger partial charge in [0.05, 0.1) is 10.8 Å². The third-order valence-electron chi connectivity index (χ3n) is 5.32. The van der Waals surface area contributed by atoms with Crippen LogP contribution < -0.4 is 10.0 Å². The zero-order valence-corrected chi connectivity index (χ0v) is 18.7. The van der Waals surface area contributed by atoms with Crippen molar-refractivity contribution in [2.24, 2.45) is 5.92 Å². The van der Waals surface area contributed by atoms with Gasteiger partial charge in [0.25, 0.3) is 15.9 Å². The lowest BCUT2D eigenvalue weighted by atomic mass is 9.96. The fourth-order valence-electron chi connectivity index (χ4n) is 3.60. The number of piperidine rings is 1. The number of aryl methyl sites for hydroxylation is 1. The minimum Gasteiger partial charge on any atom is -0.356 e. The lowest BCUT2D eigenvalue weighted by molar-refractivity contribution is -0.126. The molecule has 1 saturated heterocycles. The summed E-state index contributed by atoms with van der Waals surface area (Å²) in [6.45, 7) is 5.46. The molecule has 2 aromatic carbocycles. The number of hydrogen-bond acceptors (Lipinski definition) is 4. The number of amides is 2. The first-order chi connectivity index (χ1) is 14.8. The highest BCUT2D eigenvalue weighted by molar-refractivity contribution is 7.92. The normalized spacial score (nSPS) is 16.6. The van der Waals surface area contributed by atoms with Gasteiger partial charge in [-0.05, 0) is 56.5 Å². The smallest absolute Gasteiger partial charge is 0.261 e. The molecular weight excluding hydrogens is 414 g/mol. The highest BCUT2D eigenvalue weighted by atomic mass is 32.2. The third-order valence-corrected chi connectivity index (χ3v) is 6.72. The molecule has 2 aromatic rings. The molecule has 0 spiro atoms. The maximum Gasteiger partial charge on any atom is 0.261 e. The number of nitrogens with one attached hydrogen (secondary N) is 2. The highest BCUT2D eigenvalue weighted by Crippen LogP contribution is 2.22. The molecule has 1 fully saturated rings. The molecule has 31 heavy (non-hydrogen) atoms. The molecule has 0 saturated carbocycles. The van der Waals surface area contributed by atoms with Gasteiger partial charge in [0.2, 0.25) is 5.91 Å². The number of carbonyl (C=O) groups excluding carboxylic acids is 2. The number of carbonyl (C=O) groups is 2. The molecule has 1 aliphatic heterocycles. The number of rotatable bonds is 7. The molecule has 1 aliphatic rings. The zero-order valence-electron chi connectivity index (χ0n) is 17.9. The Balaban J connectivity index is 1.71. The van der Waals surface area contributed by atoms with Crippen LogP contribution in [0.2, 0.25) is 0 Å². The minimum atomic E-state index is -3.75. The Kier molecular flexibility index (Phi) is 7.33. The van der Waals surface area contributed by atoms with Crippen LogP contribution in [0.15, 0.2) is 53.4 Å². The second kappa shape index (κ2) is 9.96. The summed E-state index contributed by atoms with van der Waals surface area (Å²) in [7, 11) is -3.75. The van der Waals surface area contributed by atoms with Gasteiger partial charge < -0.3 is 10.2 Å². The molecule has 0 radical (unpaired) electrons. The van der Waals surface area contributed by atoms with E-state index < -0.39 is 10.0 Å². The molecule has 1 unspecified atom stereocenters. The molecule has 0 bridgehead atoms. The Morgan fingerprint density at radius 2 is 1.87 bits per heavy atom. The van der Waals surface area contributed by atoms with E-state index in [0.717, 1.165) is 24.8 Å². The Bertz CT molecular complexity index is 1040. The minimum absolute atomic E-state index is 0.0149. The van der Waals surface area contributed by atoms with E-state index in [2.05, 4.69) is 10.0 Å². The Morgan fingerprint density at radius 3 is 2.58 bits per heavy atom. The molecule has 2 amide bonds. The van der Waals surface area contributed by atoms with Crippen molar-refractivity contribution in [3.05, 3.63) is 59.7 Å². The van der Waals surface area contributed by atoms with Gasteiger partial charge in [0.15, 0.2) is 0 Å². The molecule has 1 heterocycles. The van der Waals surface area contributed by atoms with E-state index >= 15 is 0 Å². The standard InChI is InChI=1S/C23H29N3O4S/c1-3-13-24-22(27)19-7-5-14-26(16-19)23(28)18-6-4-8-20(15-18)25-31(29,30)21-11-9-17(2)10-12-21/h4,6,8-12,15,19,25H,3,5,7,13-14,16H2,1-2H3,(H,24,27). The largest absolute Gasteiger partial charge is 0.356 e. The number of hydrogen-bond donors (Lipinski definition) is 2. The summed E-state index contributed by atoms with van der Waals surface area (Å²) in [5.41, 5.74) is 1.68. The summed E-state index contributed by atoms with van der Waals surface area (Å²) in [5, 5.41) is 2.90. The van der Waals surface area contributed by atoms with Crippen molar-refractivity contribution in [1.82, 2.24) is 10.2 Å². The van der Waals surface area contributed by atoms with Gasteiger partial charge in [0.1, 0.15) is 0 Å². The van der Waals surface area contributed by atoms with Crippen LogP contribution in [0.3, 0.4) is 0 Å². The molecule has 0 aromatic heterocycles. The number of benzene rings is 2. The first kappa shape index (κ1) is 22.8. The summed E-state index contributed by atoms with van der Waals surface area (Å²) < 4.78 is 27.8. The SMILES string of the molecule is CCCNC(=O)C1CCCN(C(=O)c2cccc(NS(=O)(=O)c3ccc(C)cc3)c2)C1. The van der Waals surface area contributed by atoms with Crippen molar-refractivity contribution in [2.75, 3.05) is 24.4 Å². The highest BCUT2D eigenvalue weighted by Gasteiger charge is 2.29. The number of likely N-dealkylation sites (tertiary alicyclic amines) is 1. The van der Waals surface area contributed by atoms with Crippen molar-refractivity contribution in [3.63, 3.8) is 0 Å². The summed E-state index contributed by atoms with van der Waals surface area (Å²) >= 11 is 0. The van der Waals surface area contributed by atoms with Crippen LogP contribution in [0.4, 0.5) is 5.69 Å². The maximum atomic E-state index is 13.0. The van der Waals surface area contributed by atoms with E-state index in [1.807, 2.05) is 13.8 Å². The van der Waals surface area contributed by atoms with Gasteiger partial charge in [-0.3, -0.25) is 14.3 Å². The lowest BCUT2D eigenvalue weighted by Gasteiger charge is -2.32. The molecule has 0 aliphatic carbocycles. The van der Waals surface area contributed by atoms with Crippen molar-refractivity contribution in [3.8, 4) is 0 Å². The van der Waals surface area contributed by atoms with Crippen molar-refractivity contribution in [1.29, 1.82) is 0 Å². The van der Waals surface area contributed by atoms with E-state index in [1.165, 1.54) is 6.07 Å². The van der Waals surface area contributed by atoms with Gasteiger partial charge in [-0.2, -0.15) is 0 Å². The predicted octanol–water partition coefficient (Wildman–Crippen LogP) is 3.17. The summed E-state index contributed by atoms with van der Waals surface area (Å²) in [4.78, 5) is 27.2. The van der Waals surface area contributed by atoms with Crippen LogP contribution >= 0.6 is 0 Å². The van der Waals surface area contributed by atoms with E-state index in [0.29, 0.717) is 30.9 Å². The monoisotopic (exact) mass is 443 g/mol. The lowest BCUT2D eigenvalue weighted by Crippen LogP contribution is -2.45. The van der Waals surface area contributed by atoms with Gasteiger partial charge in [-0.25, -0.2) is 8.42 Å². The molecule has 2 N–H and O–H groups in total. The Hall–Kier alpha value is -2.87. The van der Waals surface area contributed by atoms with Crippen molar-refractivity contribution < 1.29 is 18.0 Å². The number of anilines is 1. The zero-order chi connectivity index (χ0) is 22.4. The quantitative estimate of drug-likeness (QED) is 0.687. The number of nitrogens with zero attached hydrogens (tertiary/aromatic N) is 1. The summed E-state index contributed by atoms with van der Waals surface area (Å²) in [6.07, 6.45) is 2.39.